The van der Waals surface area contributed by atoms with Gasteiger partial charge in [-0.25, -0.2) is 9.59 Å². The van der Waals surface area contributed by atoms with Gasteiger partial charge >= 0.3 is 11.9 Å². The van der Waals surface area contributed by atoms with Crippen LogP contribution in [0.3, 0.4) is 0 Å². The summed E-state index contributed by atoms with van der Waals surface area (Å²) in [6, 6.07) is 18.2. The summed E-state index contributed by atoms with van der Waals surface area (Å²) >= 11 is 0. The number of carbonyl (C=O) groups is 2. The molecule has 4 nitrogen and oxygen atoms in total. The van der Waals surface area contributed by atoms with E-state index in [1.165, 1.54) is 6.42 Å². The quantitative estimate of drug-likeness (QED) is 0.517. The van der Waals surface area contributed by atoms with Crippen LogP contribution in [0.25, 0.3) is 0 Å². The molecule has 0 aliphatic heterocycles. The van der Waals surface area contributed by atoms with Gasteiger partial charge in [-0.3, -0.25) is 0 Å². The van der Waals surface area contributed by atoms with Crippen LogP contribution in [0.4, 0.5) is 0 Å². The van der Waals surface area contributed by atoms with Crippen molar-refractivity contribution in [1.82, 2.24) is 0 Å². The van der Waals surface area contributed by atoms with Crippen LogP contribution in [-0.2, 0) is 9.47 Å². The molecular weight excluding hydrogens is 412 g/mol. The summed E-state index contributed by atoms with van der Waals surface area (Å²) in [6.07, 6.45) is 3.47. The Kier molecular flexibility index (Phi) is 4.83. The van der Waals surface area contributed by atoms with Crippen molar-refractivity contribution in [3.63, 3.8) is 0 Å². The van der Waals surface area contributed by atoms with Crippen molar-refractivity contribution in [1.29, 1.82) is 0 Å². The van der Waals surface area contributed by atoms with Gasteiger partial charge in [0.05, 0.1) is 11.1 Å². The zero-order valence-electron chi connectivity index (χ0n) is 20.3. The summed E-state index contributed by atoms with van der Waals surface area (Å²) in [4.78, 5) is 26.8. The van der Waals surface area contributed by atoms with E-state index in [2.05, 4.69) is 20.8 Å². The Hall–Kier alpha value is -2.62. The molecule has 0 saturated heterocycles. The standard InChI is InChI=1S/C29H34O4/c1-19-26(2)22-16-17-23(18-22)27(26,3)29(5,33-25(31)21-14-10-7-11-15-21)28(19,4)32-24(30)20-12-8-6-9-13-20/h6-15,19,22-23H,16-18H2,1-5H3. The van der Waals surface area contributed by atoms with E-state index in [4.69, 9.17) is 9.47 Å². The van der Waals surface area contributed by atoms with Crippen LogP contribution in [0.1, 0.15) is 74.6 Å². The maximum atomic E-state index is 13.4. The van der Waals surface area contributed by atoms with E-state index in [0.717, 1.165) is 12.8 Å². The van der Waals surface area contributed by atoms with Crippen LogP contribution < -0.4 is 0 Å². The minimum Gasteiger partial charge on any atom is -0.451 e. The third kappa shape index (κ3) is 2.64. The Balaban J connectivity index is 1.62. The van der Waals surface area contributed by atoms with E-state index >= 15 is 0 Å². The SMILES string of the molecule is CC1C(C)(OC(=O)c2ccccc2)C(C)(OC(=O)c2ccccc2)C2(C)C3CCC(C3)C12C. The van der Waals surface area contributed by atoms with E-state index in [9.17, 15) is 9.59 Å². The number of carbonyl (C=O) groups excluding carboxylic acids is 2. The average Bonchev–Trinajstić information content (AvgIpc) is 3.43. The highest BCUT2D eigenvalue weighted by molar-refractivity contribution is 5.91. The average molecular weight is 447 g/mol. The third-order valence-electron chi connectivity index (χ3n) is 10.5. The molecule has 2 bridgehead atoms. The van der Waals surface area contributed by atoms with Crippen molar-refractivity contribution in [2.75, 3.05) is 0 Å². The highest BCUT2D eigenvalue weighted by Crippen LogP contribution is 2.80. The second kappa shape index (κ2) is 7.19. The second-order valence-electron chi connectivity index (χ2n) is 11.1. The first-order chi connectivity index (χ1) is 15.6. The molecule has 3 aliphatic carbocycles. The molecule has 0 radical (unpaired) electrons. The Morgan fingerprint density at radius 2 is 1.24 bits per heavy atom. The second-order valence-corrected chi connectivity index (χ2v) is 11.1. The van der Waals surface area contributed by atoms with E-state index in [1.807, 2.05) is 50.2 Å². The largest absolute Gasteiger partial charge is 0.451 e. The van der Waals surface area contributed by atoms with E-state index < -0.39 is 11.2 Å². The fraction of sp³-hybridized carbons (Fsp3) is 0.517. The summed E-state index contributed by atoms with van der Waals surface area (Å²) < 4.78 is 13.0. The lowest BCUT2D eigenvalue weighted by atomic mass is 9.54. The lowest BCUT2D eigenvalue weighted by Crippen LogP contribution is -2.61. The Bertz CT molecular complexity index is 1080. The molecule has 33 heavy (non-hydrogen) atoms. The monoisotopic (exact) mass is 446 g/mol. The lowest BCUT2D eigenvalue weighted by molar-refractivity contribution is -0.185. The van der Waals surface area contributed by atoms with E-state index in [1.54, 1.807) is 24.3 Å². The molecule has 4 heteroatoms. The minimum absolute atomic E-state index is 0.0199. The van der Waals surface area contributed by atoms with Gasteiger partial charge in [-0.15, -0.1) is 0 Å². The lowest BCUT2D eigenvalue weighted by Gasteiger charge is -2.53. The van der Waals surface area contributed by atoms with Gasteiger partial charge in [0.1, 0.15) is 0 Å². The molecular formula is C29H34O4. The molecule has 5 rings (SSSR count). The van der Waals surface area contributed by atoms with Crippen molar-refractivity contribution in [3.05, 3.63) is 71.8 Å². The van der Waals surface area contributed by atoms with Crippen molar-refractivity contribution < 1.29 is 19.1 Å². The summed E-state index contributed by atoms with van der Waals surface area (Å²) in [5.74, 6) is 0.258. The molecule has 2 aromatic rings. The molecule has 7 atom stereocenters. The van der Waals surface area contributed by atoms with Gasteiger partial charge in [-0.2, -0.15) is 0 Å². The van der Waals surface area contributed by atoms with Gasteiger partial charge < -0.3 is 9.47 Å². The minimum atomic E-state index is -0.981. The molecule has 0 aromatic heterocycles. The molecule has 0 spiro atoms. The van der Waals surface area contributed by atoms with Crippen LogP contribution >= 0.6 is 0 Å². The zero-order valence-corrected chi connectivity index (χ0v) is 20.3. The first kappa shape index (κ1) is 22.2. The number of fused-ring (bicyclic) bond motifs is 5. The van der Waals surface area contributed by atoms with Crippen LogP contribution in [0.15, 0.2) is 60.7 Å². The number of esters is 2. The number of benzene rings is 2. The summed E-state index contributed by atoms with van der Waals surface area (Å²) in [7, 11) is 0. The molecule has 3 saturated carbocycles. The van der Waals surface area contributed by atoms with E-state index in [-0.39, 0.29) is 28.7 Å². The fourth-order valence-corrected chi connectivity index (χ4v) is 8.16. The summed E-state index contributed by atoms with van der Waals surface area (Å²) in [6.45, 7) is 10.8. The molecule has 3 fully saturated rings. The number of hydrogen-bond acceptors (Lipinski definition) is 4. The smallest absolute Gasteiger partial charge is 0.338 e. The van der Waals surface area contributed by atoms with Crippen LogP contribution in [0, 0.1) is 28.6 Å². The van der Waals surface area contributed by atoms with E-state index in [0.29, 0.717) is 23.0 Å². The number of rotatable bonds is 4. The first-order valence-electron chi connectivity index (χ1n) is 12.2. The van der Waals surface area contributed by atoms with Crippen molar-refractivity contribution in [2.45, 2.75) is 65.1 Å². The molecule has 174 valence electrons. The number of hydrogen-bond donors (Lipinski definition) is 0. The zero-order chi connectivity index (χ0) is 23.6. The van der Waals surface area contributed by atoms with Gasteiger partial charge in [-0.1, -0.05) is 57.2 Å². The topological polar surface area (TPSA) is 52.6 Å². The first-order valence-corrected chi connectivity index (χ1v) is 12.2. The third-order valence-corrected chi connectivity index (χ3v) is 10.5. The van der Waals surface area contributed by atoms with Gasteiger partial charge in [-0.05, 0) is 74.6 Å². The van der Waals surface area contributed by atoms with Crippen molar-refractivity contribution in [3.8, 4) is 0 Å². The van der Waals surface area contributed by atoms with Gasteiger partial charge in [0.25, 0.3) is 0 Å². The molecule has 0 heterocycles. The van der Waals surface area contributed by atoms with Gasteiger partial charge in [0.2, 0.25) is 0 Å². The fourth-order valence-electron chi connectivity index (χ4n) is 8.16. The molecule has 3 aliphatic rings. The van der Waals surface area contributed by atoms with Gasteiger partial charge in [0, 0.05) is 11.3 Å². The Morgan fingerprint density at radius 1 is 0.758 bits per heavy atom. The predicted molar refractivity (Wildman–Crippen MR) is 127 cm³/mol. The highest BCUT2D eigenvalue weighted by atomic mass is 16.6. The van der Waals surface area contributed by atoms with Crippen LogP contribution in [0.2, 0.25) is 0 Å². The van der Waals surface area contributed by atoms with Crippen molar-refractivity contribution >= 4 is 11.9 Å². The normalized spacial score (nSPS) is 40.9. The molecule has 2 aromatic carbocycles. The molecule has 0 N–H and O–H groups in total. The van der Waals surface area contributed by atoms with Crippen LogP contribution in [-0.4, -0.2) is 23.1 Å². The summed E-state index contributed by atoms with van der Waals surface area (Å²) in [5.41, 5.74) is -1.34. The number of ether oxygens (including phenoxy) is 2. The maximum Gasteiger partial charge on any atom is 0.338 e. The Labute approximate surface area is 196 Å². The molecule has 0 amide bonds. The predicted octanol–water partition coefficient (Wildman–Crippen LogP) is 6.31. The summed E-state index contributed by atoms with van der Waals surface area (Å²) in [5, 5.41) is 0. The Morgan fingerprint density at radius 3 is 1.79 bits per heavy atom. The van der Waals surface area contributed by atoms with Crippen LogP contribution in [0.5, 0.6) is 0 Å². The van der Waals surface area contributed by atoms with Crippen molar-refractivity contribution in [2.24, 2.45) is 28.6 Å². The maximum absolute atomic E-state index is 13.4. The highest BCUT2D eigenvalue weighted by Gasteiger charge is 2.84. The molecule has 7 unspecified atom stereocenters. The van der Waals surface area contributed by atoms with Gasteiger partial charge in [0.15, 0.2) is 11.2 Å².